The lowest BCUT2D eigenvalue weighted by atomic mass is 10.0. The van der Waals surface area contributed by atoms with Gasteiger partial charge in [0.05, 0.1) is 18.8 Å². The molecule has 0 radical (unpaired) electrons. The molecule has 2 aliphatic rings. The molecule has 0 aliphatic carbocycles. The predicted molar refractivity (Wildman–Crippen MR) is 90.9 cm³/mol. The fraction of sp³-hybridized carbons (Fsp3) is 0.353. The van der Waals surface area contributed by atoms with Crippen LogP contribution in [0.1, 0.15) is 18.1 Å². The molecule has 8 heteroatoms. The van der Waals surface area contributed by atoms with Crippen LogP contribution in [0, 0.1) is 0 Å². The van der Waals surface area contributed by atoms with Crippen LogP contribution < -0.4 is 15.5 Å². The van der Waals surface area contributed by atoms with Crippen molar-refractivity contribution in [2.45, 2.75) is 26.1 Å². The van der Waals surface area contributed by atoms with Gasteiger partial charge < -0.3 is 15.4 Å². The second-order valence-electron chi connectivity index (χ2n) is 6.26. The van der Waals surface area contributed by atoms with Crippen molar-refractivity contribution in [3.8, 4) is 11.3 Å². The average molecular weight is 341 g/mol. The van der Waals surface area contributed by atoms with Crippen molar-refractivity contribution in [3.63, 3.8) is 0 Å². The van der Waals surface area contributed by atoms with Crippen LogP contribution in [0.4, 0.5) is 10.5 Å². The second kappa shape index (κ2) is 6.21. The first-order chi connectivity index (χ1) is 12.1. The quantitative estimate of drug-likeness (QED) is 0.777. The maximum atomic E-state index is 12.2. The topological polar surface area (TPSA) is 99.4 Å². The molecule has 1 aromatic heterocycles. The minimum Gasteiger partial charge on any atom is -0.442 e. The number of benzene rings is 1. The molecule has 1 fully saturated rings. The Morgan fingerprint density at radius 1 is 1.40 bits per heavy atom. The van der Waals surface area contributed by atoms with E-state index in [1.165, 1.54) is 6.92 Å². The van der Waals surface area contributed by atoms with Crippen LogP contribution in [0.2, 0.25) is 0 Å². The molecular weight excluding hydrogens is 322 g/mol. The van der Waals surface area contributed by atoms with Crippen LogP contribution in [0.25, 0.3) is 11.3 Å². The van der Waals surface area contributed by atoms with E-state index < -0.39 is 6.09 Å². The first kappa shape index (κ1) is 15.6. The third-order valence-corrected chi connectivity index (χ3v) is 4.46. The molecule has 1 aromatic carbocycles. The van der Waals surface area contributed by atoms with Crippen molar-refractivity contribution in [3.05, 3.63) is 35.5 Å². The molecular formula is C17H19N5O3. The van der Waals surface area contributed by atoms with Crippen molar-refractivity contribution in [1.82, 2.24) is 20.8 Å². The second-order valence-corrected chi connectivity index (χ2v) is 6.26. The van der Waals surface area contributed by atoms with Crippen molar-refractivity contribution < 1.29 is 14.3 Å². The number of amides is 2. The highest BCUT2D eigenvalue weighted by molar-refractivity contribution is 5.90. The van der Waals surface area contributed by atoms with E-state index in [0.29, 0.717) is 19.6 Å². The minimum absolute atomic E-state index is 0.139. The van der Waals surface area contributed by atoms with Gasteiger partial charge in [0.25, 0.3) is 0 Å². The van der Waals surface area contributed by atoms with Crippen molar-refractivity contribution in [2.24, 2.45) is 0 Å². The summed E-state index contributed by atoms with van der Waals surface area (Å²) in [6.45, 7) is 3.63. The highest BCUT2D eigenvalue weighted by atomic mass is 16.6. The lowest BCUT2D eigenvalue weighted by Crippen LogP contribution is -2.33. The number of carbonyl (C=O) groups is 2. The summed E-state index contributed by atoms with van der Waals surface area (Å²) in [7, 11) is 0. The highest BCUT2D eigenvalue weighted by Gasteiger charge is 2.32. The number of carbonyl (C=O) groups excluding carboxylic acids is 2. The Morgan fingerprint density at radius 3 is 3.08 bits per heavy atom. The molecule has 130 valence electrons. The maximum absolute atomic E-state index is 12.2. The summed E-state index contributed by atoms with van der Waals surface area (Å²) in [5.41, 5.74) is 5.00. The summed E-state index contributed by atoms with van der Waals surface area (Å²) in [6, 6.07) is 5.89. The van der Waals surface area contributed by atoms with Gasteiger partial charge in [0, 0.05) is 43.0 Å². The minimum atomic E-state index is -0.391. The Labute approximate surface area is 144 Å². The van der Waals surface area contributed by atoms with Crippen LogP contribution in [0.5, 0.6) is 0 Å². The summed E-state index contributed by atoms with van der Waals surface area (Å²) in [4.78, 5) is 24.8. The van der Waals surface area contributed by atoms with Gasteiger partial charge in [-0.25, -0.2) is 4.79 Å². The number of rotatable bonds is 3. The van der Waals surface area contributed by atoms with Crippen LogP contribution in [0.15, 0.2) is 24.4 Å². The zero-order valence-corrected chi connectivity index (χ0v) is 13.8. The van der Waals surface area contributed by atoms with Gasteiger partial charge in [-0.3, -0.25) is 14.8 Å². The van der Waals surface area contributed by atoms with E-state index in [1.54, 1.807) is 4.90 Å². The molecule has 3 heterocycles. The smallest absolute Gasteiger partial charge is 0.414 e. The van der Waals surface area contributed by atoms with E-state index in [4.69, 9.17) is 4.74 Å². The summed E-state index contributed by atoms with van der Waals surface area (Å²) in [6.07, 6.45) is 1.17. The lowest BCUT2D eigenvalue weighted by molar-refractivity contribution is -0.119. The monoisotopic (exact) mass is 341 g/mol. The van der Waals surface area contributed by atoms with Crippen LogP contribution >= 0.6 is 0 Å². The molecule has 0 bridgehead atoms. The van der Waals surface area contributed by atoms with Crippen LogP contribution in [-0.4, -0.2) is 41.4 Å². The number of anilines is 1. The van der Waals surface area contributed by atoms with Gasteiger partial charge in [-0.2, -0.15) is 5.10 Å². The van der Waals surface area contributed by atoms with Gasteiger partial charge >= 0.3 is 6.09 Å². The average Bonchev–Trinajstić information content (AvgIpc) is 3.15. The van der Waals surface area contributed by atoms with E-state index in [0.717, 1.165) is 34.6 Å². The summed E-state index contributed by atoms with van der Waals surface area (Å²) < 4.78 is 5.33. The summed E-state index contributed by atoms with van der Waals surface area (Å²) >= 11 is 0. The van der Waals surface area contributed by atoms with Gasteiger partial charge in [-0.05, 0) is 17.7 Å². The first-order valence-corrected chi connectivity index (χ1v) is 8.21. The lowest BCUT2D eigenvalue weighted by Gasteiger charge is -2.16. The number of aromatic nitrogens is 2. The van der Waals surface area contributed by atoms with E-state index in [2.05, 4.69) is 20.8 Å². The number of nitrogens with one attached hydrogen (secondary N) is 3. The number of hydrogen-bond donors (Lipinski definition) is 3. The van der Waals surface area contributed by atoms with Gasteiger partial charge in [0.1, 0.15) is 6.10 Å². The Balaban J connectivity index is 1.58. The molecule has 2 aliphatic heterocycles. The number of fused-ring (bicyclic) bond motifs is 3. The largest absolute Gasteiger partial charge is 0.442 e. The van der Waals surface area contributed by atoms with E-state index >= 15 is 0 Å². The Kier molecular flexibility index (Phi) is 3.89. The number of H-pyrrole nitrogens is 1. The Bertz CT molecular complexity index is 831. The third kappa shape index (κ3) is 2.96. The molecule has 3 N–H and O–H groups in total. The standard InChI is InChI=1S/C17H19N5O3/c1-10(23)19-8-14-9-22(17(24)25-14)13-2-3-15-11(4-13)5-18-6-12-7-20-21-16(12)15/h2-4,7,14,18H,5-6,8-9H2,1H3,(H,19,23)(H,20,21)/t14-/m0/s1. The van der Waals surface area contributed by atoms with Crippen molar-refractivity contribution in [2.75, 3.05) is 18.0 Å². The summed E-state index contributed by atoms with van der Waals surface area (Å²) in [5, 5.41) is 13.3. The number of aromatic amines is 1. The fourth-order valence-electron chi connectivity index (χ4n) is 3.24. The predicted octanol–water partition coefficient (Wildman–Crippen LogP) is 1.14. The van der Waals surface area contributed by atoms with Crippen molar-refractivity contribution in [1.29, 1.82) is 0 Å². The third-order valence-electron chi connectivity index (χ3n) is 4.46. The zero-order valence-electron chi connectivity index (χ0n) is 13.8. The molecule has 8 nitrogen and oxygen atoms in total. The molecule has 2 aromatic rings. The van der Waals surface area contributed by atoms with Gasteiger partial charge in [0.15, 0.2) is 0 Å². The number of hydrogen-bond acceptors (Lipinski definition) is 5. The van der Waals surface area contributed by atoms with E-state index in [-0.39, 0.29) is 12.0 Å². The molecule has 2 amide bonds. The van der Waals surface area contributed by atoms with Crippen molar-refractivity contribution >= 4 is 17.7 Å². The van der Waals surface area contributed by atoms with Crippen LogP contribution in [0.3, 0.4) is 0 Å². The maximum Gasteiger partial charge on any atom is 0.414 e. The molecule has 0 saturated carbocycles. The molecule has 1 atom stereocenters. The molecule has 25 heavy (non-hydrogen) atoms. The van der Waals surface area contributed by atoms with Gasteiger partial charge in [0.2, 0.25) is 5.91 Å². The van der Waals surface area contributed by atoms with E-state index in [1.807, 2.05) is 24.4 Å². The fourth-order valence-corrected chi connectivity index (χ4v) is 3.24. The molecule has 4 rings (SSSR count). The van der Waals surface area contributed by atoms with Gasteiger partial charge in [-0.1, -0.05) is 6.07 Å². The van der Waals surface area contributed by atoms with Crippen LogP contribution in [-0.2, 0) is 22.6 Å². The normalized spacial score (nSPS) is 19.0. The zero-order chi connectivity index (χ0) is 17.4. The highest BCUT2D eigenvalue weighted by Crippen LogP contribution is 2.32. The number of nitrogens with zero attached hydrogens (tertiary/aromatic N) is 2. The summed E-state index contributed by atoms with van der Waals surface area (Å²) in [5.74, 6) is -0.139. The number of ether oxygens (including phenoxy) is 1. The van der Waals surface area contributed by atoms with E-state index in [9.17, 15) is 9.59 Å². The Hall–Kier alpha value is -2.87. The first-order valence-electron chi connectivity index (χ1n) is 8.21. The Morgan fingerprint density at radius 2 is 2.24 bits per heavy atom. The number of cyclic esters (lactones) is 1. The molecule has 1 saturated heterocycles. The van der Waals surface area contributed by atoms with Gasteiger partial charge in [-0.15, -0.1) is 0 Å². The SMILES string of the molecule is CC(=O)NC[C@H]1CN(c2ccc3c(c2)CNCc2c[nH]nc2-3)C(=O)O1. The molecule has 0 unspecified atom stereocenters. The molecule has 0 spiro atoms.